The molecule has 0 aliphatic carbocycles. The van der Waals surface area contributed by atoms with Gasteiger partial charge in [0.1, 0.15) is 16.8 Å². The molecule has 0 saturated heterocycles. The number of benzene rings is 1. The number of rotatable bonds is 6. The summed E-state index contributed by atoms with van der Waals surface area (Å²) < 4.78 is 64.5. The SMILES string of the molecule is CCCC(NS(=O)(=O)c1cc(F)c(F)cc1F)C(=O)O. The molecule has 0 amide bonds. The van der Waals surface area contributed by atoms with E-state index in [9.17, 15) is 26.4 Å². The standard InChI is InChI=1S/C11H12F3NO4S/c1-2-3-9(11(16)17)15-20(18,19)10-5-7(13)6(12)4-8(10)14/h4-5,9,15H,2-3H2,1H3,(H,16,17). The lowest BCUT2D eigenvalue weighted by atomic mass is 10.2. The van der Waals surface area contributed by atoms with Crippen molar-refractivity contribution in [2.24, 2.45) is 0 Å². The van der Waals surface area contributed by atoms with E-state index in [-0.39, 0.29) is 18.6 Å². The molecule has 1 aromatic rings. The van der Waals surface area contributed by atoms with Crippen molar-refractivity contribution in [3.8, 4) is 0 Å². The maximum atomic E-state index is 13.4. The van der Waals surface area contributed by atoms with Gasteiger partial charge in [-0.15, -0.1) is 0 Å². The Bertz CT molecular complexity index is 618. The average molecular weight is 311 g/mol. The van der Waals surface area contributed by atoms with E-state index in [0.717, 1.165) is 0 Å². The van der Waals surface area contributed by atoms with Crippen molar-refractivity contribution in [1.29, 1.82) is 0 Å². The molecule has 2 N–H and O–H groups in total. The van der Waals surface area contributed by atoms with Crippen molar-refractivity contribution in [2.45, 2.75) is 30.7 Å². The van der Waals surface area contributed by atoms with Crippen molar-refractivity contribution in [2.75, 3.05) is 0 Å². The number of sulfonamides is 1. The Hall–Kier alpha value is -1.61. The first-order valence-electron chi connectivity index (χ1n) is 5.58. The normalized spacial score (nSPS) is 13.2. The third-order valence-corrected chi connectivity index (χ3v) is 3.92. The predicted molar refractivity (Wildman–Crippen MR) is 63.0 cm³/mol. The lowest BCUT2D eigenvalue weighted by Crippen LogP contribution is -2.40. The number of carboxylic acid groups (broad SMARTS) is 1. The molecule has 0 bridgehead atoms. The van der Waals surface area contributed by atoms with Crippen LogP contribution in [0.2, 0.25) is 0 Å². The molecule has 0 saturated carbocycles. The third kappa shape index (κ3) is 3.70. The van der Waals surface area contributed by atoms with E-state index in [4.69, 9.17) is 5.11 Å². The zero-order valence-electron chi connectivity index (χ0n) is 10.4. The summed E-state index contributed by atoms with van der Waals surface area (Å²) in [6, 6.07) is -1.23. The monoisotopic (exact) mass is 311 g/mol. The molecule has 0 aromatic heterocycles. The van der Waals surface area contributed by atoms with Gasteiger partial charge >= 0.3 is 5.97 Å². The first-order valence-corrected chi connectivity index (χ1v) is 7.07. The first-order chi connectivity index (χ1) is 9.19. The lowest BCUT2D eigenvalue weighted by Gasteiger charge is -2.14. The van der Waals surface area contributed by atoms with Gasteiger partial charge in [0.05, 0.1) is 0 Å². The van der Waals surface area contributed by atoms with Crippen molar-refractivity contribution in [3.63, 3.8) is 0 Å². The van der Waals surface area contributed by atoms with Crippen molar-refractivity contribution < 1.29 is 31.5 Å². The van der Waals surface area contributed by atoms with Crippen LogP contribution in [0.3, 0.4) is 0 Å². The zero-order chi connectivity index (χ0) is 15.5. The molecule has 0 spiro atoms. The van der Waals surface area contributed by atoms with Crippen LogP contribution in [-0.4, -0.2) is 25.5 Å². The fourth-order valence-corrected chi connectivity index (χ4v) is 2.78. The van der Waals surface area contributed by atoms with Gasteiger partial charge in [-0.3, -0.25) is 4.79 Å². The summed E-state index contributed by atoms with van der Waals surface area (Å²) in [5.41, 5.74) is 0. The highest BCUT2D eigenvalue weighted by molar-refractivity contribution is 7.89. The van der Waals surface area contributed by atoms with Gasteiger partial charge in [0.2, 0.25) is 10.0 Å². The van der Waals surface area contributed by atoms with Crippen LogP contribution in [0.4, 0.5) is 13.2 Å². The molecule has 0 aliphatic heterocycles. The van der Waals surface area contributed by atoms with E-state index in [0.29, 0.717) is 6.42 Å². The van der Waals surface area contributed by atoms with Gasteiger partial charge in [0.15, 0.2) is 11.6 Å². The number of carbonyl (C=O) groups is 1. The fourth-order valence-electron chi connectivity index (χ4n) is 1.48. The van der Waals surface area contributed by atoms with Gasteiger partial charge < -0.3 is 5.11 Å². The summed E-state index contributed by atoms with van der Waals surface area (Å²) in [6.07, 6.45) is 0.333. The first kappa shape index (κ1) is 16.4. The summed E-state index contributed by atoms with van der Waals surface area (Å²) in [4.78, 5) is 9.71. The molecule has 112 valence electrons. The van der Waals surface area contributed by atoms with Gasteiger partial charge in [-0.1, -0.05) is 13.3 Å². The highest BCUT2D eigenvalue weighted by Gasteiger charge is 2.28. The second-order valence-corrected chi connectivity index (χ2v) is 5.68. The van der Waals surface area contributed by atoms with Gasteiger partial charge in [-0.2, -0.15) is 4.72 Å². The van der Waals surface area contributed by atoms with Crippen LogP contribution in [0, 0.1) is 17.5 Å². The maximum absolute atomic E-state index is 13.4. The van der Waals surface area contributed by atoms with E-state index >= 15 is 0 Å². The topological polar surface area (TPSA) is 83.5 Å². The summed E-state index contributed by atoms with van der Waals surface area (Å²) in [7, 11) is -4.61. The minimum Gasteiger partial charge on any atom is -0.480 e. The average Bonchev–Trinajstić information content (AvgIpc) is 2.32. The molecular formula is C11H12F3NO4S. The Morgan fingerprint density at radius 3 is 2.30 bits per heavy atom. The molecule has 5 nitrogen and oxygen atoms in total. The Balaban J connectivity index is 3.17. The lowest BCUT2D eigenvalue weighted by molar-refractivity contribution is -0.139. The minimum absolute atomic E-state index is 0.0279. The highest BCUT2D eigenvalue weighted by atomic mass is 32.2. The summed E-state index contributed by atoms with van der Waals surface area (Å²) in [6.45, 7) is 1.63. The number of nitrogens with one attached hydrogen (secondary N) is 1. The van der Waals surface area contributed by atoms with Gasteiger partial charge in [0.25, 0.3) is 0 Å². The molecule has 1 rings (SSSR count). The quantitative estimate of drug-likeness (QED) is 0.782. The zero-order valence-corrected chi connectivity index (χ0v) is 11.2. The van der Waals surface area contributed by atoms with Crippen LogP contribution in [0.5, 0.6) is 0 Å². The van der Waals surface area contributed by atoms with E-state index in [2.05, 4.69) is 0 Å². The molecule has 1 atom stereocenters. The smallest absolute Gasteiger partial charge is 0.321 e. The highest BCUT2D eigenvalue weighted by Crippen LogP contribution is 2.19. The fraction of sp³-hybridized carbons (Fsp3) is 0.364. The van der Waals surface area contributed by atoms with E-state index < -0.39 is 44.4 Å². The van der Waals surface area contributed by atoms with Crippen molar-refractivity contribution in [3.05, 3.63) is 29.6 Å². The molecule has 9 heteroatoms. The Labute approximate surface area is 113 Å². The van der Waals surface area contributed by atoms with Crippen LogP contribution < -0.4 is 4.72 Å². The van der Waals surface area contributed by atoms with Gasteiger partial charge in [-0.05, 0) is 12.5 Å². The van der Waals surface area contributed by atoms with Crippen LogP contribution in [0.25, 0.3) is 0 Å². The van der Waals surface area contributed by atoms with Crippen LogP contribution in [-0.2, 0) is 14.8 Å². The molecule has 0 radical (unpaired) electrons. The summed E-state index contributed by atoms with van der Waals surface area (Å²) >= 11 is 0. The number of aliphatic carboxylic acids is 1. The molecule has 20 heavy (non-hydrogen) atoms. The second-order valence-electron chi connectivity index (χ2n) is 4.00. The van der Waals surface area contributed by atoms with E-state index in [1.165, 1.54) is 0 Å². The van der Waals surface area contributed by atoms with Gasteiger partial charge in [0, 0.05) is 6.07 Å². The van der Waals surface area contributed by atoms with E-state index in [1.54, 1.807) is 11.6 Å². The molecule has 0 heterocycles. The number of carboxylic acids is 1. The van der Waals surface area contributed by atoms with Crippen LogP contribution in [0.1, 0.15) is 19.8 Å². The van der Waals surface area contributed by atoms with Crippen molar-refractivity contribution >= 4 is 16.0 Å². The second kappa shape index (κ2) is 6.23. The largest absolute Gasteiger partial charge is 0.480 e. The number of hydrogen-bond acceptors (Lipinski definition) is 3. The molecule has 0 aliphatic rings. The Morgan fingerprint density at radius 2 is 1.80 bits per heavy atom. The predicted octanol–water partition coefficient (Wildman–Crippen LogP) is 1.64. The van der Waals surface area contributed by atoms with Crippen LogP contribution in [0.15, 0.2) is 17.0 Å². The summed E-state index contributed by atoms with van der Waals surface area (Å²) in [5, 5.41) is 8.83. The Kier molecular flexibility index (Phi) is 5.12. The molecule has 0 fully saturated rings. The third-order valence-electron chi connectivity index (χ3n) is 2.44. The Morgan fingerprint density at radius 1 is 1.25 bits per heavy atom. The minimum atomic E-state index is -4.61. The number of halogens is 3. The van der Waals surface area contributed by atoms with Crippen LogP contribution >= 0.6 is 0 Å². The van der Waals surface area contributed by atoms with Crippen molar-refractivity contribution in [1.82, 2.24) is 4.72 Å². The summed E-state index contributed by atoms with van der Waals surface area (Å²) in [5.74, 6) is -6.03. The molecular weight excluding hydrogens is 299 g/mol. The molecule has 1 unspecified atom stereocenters. The molecule has 1 aromatic carbocycles. The maximum Gasteiger partial charge on any atom is 0.321 e. The van der Waals surface area contributed by atoms with E-state index in [1.807, 2.05) is 0 Å². The number of hydrogen-bond donors (Lipinski definition) is 2. The van der Waals surface area contributed by atoms with Gasteiger partial charge in [-0.25, -0.2) is 21.6 Å².